The predicted molar refractivity (Wildman–Crippen MR) is 151 cm³/mol. The lowest BCUT2D eigenvalue weighted by atomic mass is 9.69. The van der Waals surface area contributed by atoms with Gasteiger partial charge in [-0.3, -0.25) is 9.69 Å². The number of rotatable bonds is 4. The van der Waals surface area contributed by atoms with Gasteiger partial charge in [0.2, 0.25) is 5.91 Å². The van der Waals surface area contributed by atoms with Crippen molar-refractivity contribution in [1.82, 2.24) is 19.6 Å². The molecule has 2 aliphatic heterocycles. The van der Waals surface area contributed by atoms with E-state index in [4.69, 9.17) is 0 Å². The molecular weight excluding hydrogens is 593 g/mol. The van der Waals surface area contributed by atoms with Crippen LogP contribution in [-0.4, -0.2) is 83.4 Å². The molecular formula is C31H39F7N4O2. The highest BCUT2D eigenvalue weighted by Crippen LogP contribution is 2.43. The zero-order valence-corrected chi connectivity index (χ0v) is 25.5. The molecule has 4 unspecified atom stereocenters. The molecule has 2 heterocycles. The number of hydrogen-bond acceptors (Lipinski definition) is 3. The molecule has 44 heavy (non-hydrogen) atoms. The molecule has 3 amide bonds. The Kier molecular flexibility index (Phi) is 9.50. The van der Waals surface area contributed by atoms with Crippen LogP contribution in [0.1, 0.15) is 63.3 Å². The maximum absolute atomic E-state index is 14.3. The zero-order chi connectivity index (χ0) is 32.8. The Morgan fingerprint density at radius 1 is 0.955 bits per heavy atom. The minimum Gasteiger partial charge on any atom is -0.340 e. The van der Waals surface area contributed by atoms with Gasteiger partial charge in [0.15, 0.2) is 0 Å². The van der Waals surface area contributed by atoms with Crippen molar-refractivity contribution in [3.05, 3.63) is 58.9 Å². The number of carbonyl (C=O) groups excluding carboxylic acids is 2. The Morgan fingerprint density at radius 2 is 1.52 bits per heavy atom. The third-order valence-electron chi connectivity index (χ3n) is 9.36. The number of benzene rings is 1. The molecule has 0 saturated carbocycles. The van der Waals surface area contributed by atoms with Crippen LogP contribution >= 0.6 is 0 Å². The number of alkyl halides is 6. The molecule has 4 rings (SSSR count). The third-order valence-corrected chi connectivity index (χ3v) is 9.36. The molecule has 1 aromatic carbocycles. The SMILES string of the molecule is CC(=O)N1CCN(C2CCN(C(=O)N(C)C(C)c3cc(C(F)(F)F)cc(C(F)(F)F)c3)C(C3C=CC(F)=CC3(C)C)C2)CC1. The molecule has 2 saturated heterocycles. The summed E-state index contributed by atoms with van der Waals surface area (Å²) in [6.07, 6.45) is -4.30. The van der Waals surface area contributed by atoms with Gasteiger partial charge in [0.25, 0.3) is 0 Å². The summed E-state index contributed by atoms with van der Waals surface area (Å²) in [5, 5.41) is 0. The molecule has 0 N–H and O–H groups in total. The standard InChI is InChI=1S/C31H39F7N4O2/c1-19(21-14-22(30(33,34)35)16-23(15-21)31(36,37)38)39(5)28(44)42-9-8-25(41-12-10-40(11-13-41)20(2)43)17-27(42)26-7-6-24(32)18-29(26,3)4/h6-7,14-16,18-19,25-27H,8-13,17H2,1-5H3. The summed E-state index contributed by atoms with van der Waals surface area (Å²) in [4.78, 5) is 32.7. The second kappa shape index (κ2) is 12.4. The van der Waals surface area contributed by atoms with Gasteiger partial charge in [0.1, 0.15) is 5.83 Å². The molecule has 3 aliphatic rings. The van der Waals surface area contributed by atoms with Crippen LogP contribution in [0.2, 0.25) is 0 Å². The quantitative estimate of drug-likeness (QED) is 0.340. The van der Waals surface area contributed by atoms with E-state index in [0.717, 1.165) is 0 Å². The third kappa shape index (κ3) is 7.24. The largest absolute Gasteiger partial charge is 0.416 e. The van der Waals surface area contributed by atoms with Gasteiger partial charge < -0.3 is 14.7 Å². The molecule has 0 aromatic heterocycles. The van der Waals surface area contributed by atoms with Crippen LogP contribution < -0.4 is 0 Å². The van der Waals surface area contributed by atoms with Crippen LogP contribution in [0, 0.1) is 11.3 Å². The lowest BCUT2D eigenvalue weighted by Crippen LogP contribution is -2.60. The number of urea groups is 1. The molecule has 0 spiro atoms. The minimum atomic E-state index is -5.01. The number of amides is 3. The molecule has 1 aliphatic carbocycles. The fourth-order valence-corrected chi connectivity index (χ4v) is 6.67. The minimum absolute atomic E-state index is 0.00568. The van der Waals surface area contributed by atoms with E-state index in [9.17, 15) is 40.3 Å². The van der Waals surface area contributed by atoms with Gasteiger partial charge in [0, 0.05) is 64.7 Å². The van der Waals surface area contributed by atoms with E-state index in [2.05, 4.69) is 4.90 Å². The number of piperazine rings is 1. The first-order chi connectivity index (χ1) is 20.3. The average Bonchev–Trinajstić information content (AvgIpc) is 2.94. The highest BCUT2D eigenvalue weighted by atomic mass is 19.4. The molecule has 4 atom stereocenters. The molecule has 0 radical (unpaired) electrons. The fraction of sp³-hybridized carbons (Fsp3) is 0.613. The molecule has 244 valence electrons. The van der Waals surface area contributed by atoms with Gasteiger partial charge in [-0.15, -0.1) is 0 Å². The van der Waals surface area contributed by atoms with Crippen molar-refractivity contribution < 1.29 is 40.3 Å². The van der Waals surface area contributed by atoms with Crippen molar-refractivity contribution in [1.29, 1.82) is 0 Å². The normalized spacial score (nSPS) is 25.5. The number of nitrogens with zero attached hydrogens (tertiary/aromatic N) is 4. The van der Waals surface area contributed by atoms with Crippen LogP contribution in [0.25, 0.3) is 0 Å². The van der Waals surface area contributed by atoms with E-state index in [-0.39, 0.29) is 29.5 Å². The van der Waals surface area contributed by atoms with E-state index in [1.54, 1.807) is 15.9 Å². The number of likely N-dealkylation sites (tertiary alicyclic amines) is 1. The maximum Gasteiger partial charge on any atom is 0.416 e. The van der Waals surface area contributed by atoms with E-state index >= 15 is 0 Å². The number of piperidine rings is 1. The number of halogens is 7. The highest BCUT2D eigenvalue weighted by molar-refractivity contribution is 5.75. The summed E-state index contributed by atoms with van der Waals surface area (Å²) in [7, 11) is 1.37. The number of carbonyl (C=O) groups is 2. The summed E-state index contributed by atoms with van der Waals surface area (Å²) < 4.78 is 95.5. The van der Waals surface area contributed by atoms with Gasteiger partial charge >= 0.3 is 18.4 Å². The number of hydrogen-bond donors (Lipinski definition) is 0. The lowest BCUT2D eigenvalue weighted by molar-refractivity contribution is -0.143. The molecule has 1 aromatic rings. The van der Waals surface area contributed by atoms with Crippen molar-refractivity contribution in [2.24, 2.45) is 11.3 Å². The first-order valence-corrected chi connectivity index (χ1v) is 14.7. The van der Waals surface area contributed by atoms with Crippen LogP contribution in [0.4, 0.5) is 35.5 Å². The summed E-state index contributed by atoms with van der Waals surface area (Å²) in [5.74, 6) is -0.694. The molecule has 2 fully saturated rings. The van der Waals surface area contributed by atoms with Crippen molar-refractivity contribution in [2.45, 2.75) is 71.0 Å². The fourth-order valence-electron chi connectivity index (χ4n) is 6.67. The second-order valence-corrected chi connectivity index (χ2v) is 12.6. The first kappa shape index (κ1) is 33.8. The summed E-state index contributed by atoms with van der Waals surface area (Å²) >= 11 is 0. The van der Waals surface area contributed by atoms with Crippen molar-refractivity contribution in [3.63, 3.8) is 0 Å². The molecule has 13 heteroatoms. The monoisotopic (exact) mass is 632 g/mol. The average molecular weight is 633 g/mol. The van der Waals surface area contributed by atoms with E-state index in [1.165, 1.54) is 37.9 Å². The van der Waals surface area contributed by atoms with Crippen molar-refractivity contribution in [2.75, 3.05) is 39.8 Å². The van der Waals surface area contributed by atoms with Crippen LogP contribution in [0.5, 0.6) is 0 Å². The summed E-state index contributed by atoms with van der Waals surface area (Å²) in [6, 6.07) is -0.644. The Labute approximate surface area is 253 Å². The van der Waals surface area contributed by atoms with Gasteiger partial charge in [-0.2, -0.15) is 26.3 Å². The Morgan fingerprint density at radius 3 is 2.02 bits per heavy atom. The van der Waals surface area contributed by atoms with Crippen LogP contribution in [-0.2, 0) is 17.1 Å². The van der Waals surface area contributed by atoms with Crippen molar-refractivity contribution in [3.8, 4) is 0 Å². The predicted octanol–water partition coefficient (Wildman–Crippen LogP) is 6.90. The molecule has 0 bridgehead atoms. The number of allylic oxidation sites excluding steroid dienone is 3. The van der Waals surface area contributed by atoms with Gasteiger partial charge in [-0.1, -0.05) is 19.9 Å². The van der Waals surface area contributed by atoms with Crippen molar-refractivity contribution >= 4 is 11.9 Å². The van der Waals surface area contributed by atoms with Gasteiger partial charge in [0.05, 0.1) is 17.2 Å². The van der Waals surface area contributed by atoms with E-state index in [0.29, 0.717) is 57.7 Å². The Bertz CT molecular complexity index is 1270. The van der Waals surface area contributed by atoms with E-state index < -0.39 is 52.8 Å². The maximum atomic E-state index is 14.3. The Hall–Kier alpha value is -3.09. The first-order valence-electron chi connectivity index (χ1n) is 14.7. The topological polar surface area (TPSA) is 47.1 Å². The van der Waals surface area contributed by atoms with E-state index in [1.807, 2.05) is 13.8 Å². The Balaban J connectivity index is 1.62. The van der Waals surface area contributed by atoms with Gasteiger partial charge in [-0.25, -0.2) is 9.18 Å². The van der Waals surface area contributed by atoms with Crippen LogP contribution in [0.15, 0.2) is 42.3 Å². The second-order valence-electron chi connectivity index (χ2n) is 12.6. The highest BCUT2D eigenvalue weighted by Gasteiger charge is 2.45. The smallest absolute Gasteiger partial charge is 0.340 e. The summed E-state index contributed by atoms with van der Waals surface area (Å²) in [5.41, 5.74) is -3.85. The lowest BCUT2D eigenvalue weighted by Gasteiger charge is -2.51. The molecule has 6 nitrogen and oxygen atoms in total. The van der Waals surface area contributed by atoms with Gasteiger partial charge in [-0.05, 0) is 61.1 Å². The zero-order valence-electron chi connectivity index (χ0n) is 25.5. The van der Waals surface area contributed by atoms with Crippen LogP contribution in [0.3, 0.4) is 0 Å². The summed E-state index contributed by atoms with van der Waals surface area (Å²) in [6.45, 7) is 9.44.